The number of hydrogen-bond donors (Lipinski definition) is 3. The van der Waals surface area contributed by atoms with Crippen molar-refractivity contribution in [1.29, 1.82) is 0 Å². The molecule has 78 valence electrons. The van der Waals surface area contributed by atoms with Crippen molar-refractivity contribution in [3.8, 4) is 0 Å². The highest BCUT2D eigenvalue weighted by Gasteiger charge is 2.19. The van der Waals surface area contributed by atoms with Crippen LogP contribution in [0.3, 0.4) is 0 Å². The van der Waals surface area contributed by atoms with Crippen molar-refractivity contribution in [2.24, 2.45) is 0 Å². The maximum absolute atomic E-state index is 8.54. The number of nitrogens with one attached hydrogen (secondary N) is 2. The summed E-state index contributed by atoms with van der Waals surface area (Å²) in [6.45, 7) is 3.62. The first-order valence-corrected chi connectivity index (χ1v) is 5.48. The van der Waals surface area contributed by atoms with Crippen molar-refractivity contribution >= 4 is 0 Å². The number of hydrogen-bond acceptors (Lipinski definition) is 3. The average Bonchev–Trinajstić information content (AvgIpc) is 2.93. The van der Waals surface area contributed by atoms with Gasteiger partial charge in [0.05, 0.1) is 0 Å². The molecule has 0 heterocycles. The van der Waals surface area contributed by atoms with Crippen LogP contribution in [0, 0.1) is 0 Å². The van der Waals surface area contributed by atoms with Gasteiger partial charge in [-0.3, -0.25) is 0 Å². The second-order valence-corrected chi connectivity index (χ2v) is 3.76. The largest absolute Gasteiger partial charge is 0.396 e. The van der Waals surface area contributed by atoms with E-state index in [-0.39, 0.29) is 0 Å². The van der Waals surface area contributed by atoms with Crippen LogP contribution in [0.4, 0.5) is 0 Å². The summed E-state index contributed by atoms with van der Waals surface area (Å²) in [6.07, 6.45) is 5.99. The van der Waals surface area contributed by atoms with Crippen molar-refractivity contribution < 1.29 is 5.11 Å². The highest BCUT2D eigenvalue weighted by Crippen LogP contribution is 2.18. The van der Waals surface area contributed by atoms with Gasteiger partial charge >= 0.3 is 0 Å². The van der Waals surface area contributed by atoms with E-state index >= 15 is 0 Å². The topological polar surface area (TPSA) is 44.3 Å². The molecule has 0 atom stereocenters. The summed E-state index contributed by atoms with van der Waals surface area (Å²) in [5, 5.41) is 15.4. The Morgan fingerprint density at radius 2 is 1.77 bits per heavy atom. The van der Waals surface area contributed by atoms with E-state index in [1.807, 2.05) is 0 Å². The van der Waals surface area contributed by atoms with Gasteiger partial charge in [0, 0.05) is 12.6 Å². The zero-order chi connectivity index (χ0) is 9.36. The van der Waals surface area contributed by atoms with Crippen molar-refractivity contribution in [2.75, 3.05) is 26.2 Å². The van der Waals surface area contributed by atoms with Crippen LogP contribution in [0.25, 0.3) is 0 Å². The molecule has 1 aliphatic carbocycles. The van der Waals surface area contributed by atoms with Crippen molar-refractivity contribution in [3.63, 3.8) is 0 Å². The smallest absolute Gasteiger partial charge is 0.0431 e. The van der Waals surface area contributed by atoms with Crippen LogP contribution in [-0.4, -0.2) is 37.4 Å². The molecular formula is C10H22N2O. The molecule has 1 saturated carbocycles. The predicted octanol–water partition coefficient (Wildman–Crippen LogP) is 0.491. The SMILES string of the molecule is OCCCCNCCCNC1CC1. The third-order valence-corrected chi connectivity index (χ3v) is 2.30. The Bertz CT molecular complexity index is 115. The number of aliphatic hydroxyl groups excluding tert-OH is 1. The second-order valence-electron chi connectivity index (χ2n) is 3.76. The van der Waals surface area contributed by atoms with Gasteiger partial charge in [0.1, 0.15) is 0 Å². The molecule has 3 heteroatoms. The minimum atomic E-state index is 0.324. The highest BCUT2D eigenvalue weighted by atomic mass is 16.2. The lowest BCUT2D eigenvalue weighted by Crippen LogP contribution is -2.23. The molecule has 0 saturated heterocycles. The fraction of sp³-hybridized carbons (Fsp3) is 1.00. The Kier molecular flexibility index (Phi) is 6.15. The Morgan fingerprint density at radius 1 is 1.00 bits per heavy atom. The first-order chi connectivity index (χ1) is 6.43. The molecule has 0 aromatic heterocycles. The molecule has 1 fully saturated rings. The molecule has 0 amide bonds. The van der Waals surface area contributed by atoms with Crippen molar-refractivity contribution in [1.82, 2.24) is 10.6 Å². The fourth-order valence-corrected chi connectivity index (χ4v) is 1.29. The summed E-state index contributed by atoms with van der Waals surface area (Å²) in [7, 11) is 0. The zero-order valence-electron chi connectivity index (χ0n) is 8.39. The summed E-state index contributed by atoms with van der Waals surface area (Å²) in [4.78, 5) is 0. The number of rotatable bonds is 9. The van der Waals surface area contributed by atoms with Gasteiger partial charge in [-0.25, -0.2) is 0 Å². The molecule has 0 aromatic rings. The zero-order valence-corrected chi connectivity index (χ0v) is 8.39. The van der Waals surface area contributed by atoms with E-state index < -0.39 is 0 Å². The molecular weight excluding hydrogens is 164 g/mol. The molecule has 3 N–H and O–H groups in total. The lowest BCUT2D eigenvalue weighted by molar-refractivity contribution is 0.283. The summed E-state index contributed by atoms with van der Waals surface area (Å²) in [6, 6.07) is 0.842. The van der Waals surface area contributed by atoms with Gasteiger partial charge in [-0.15, -0.1) is 0 Å². The monoisotopic (exact) mass is 186 g/mol. The summed E-state index contributed by atoms with van der Waals surface area (Å²) >= 11 is 0. The lowest BCUT2D eigenvalue weighted by atomic mass is 10.3. The highest BCUT2D eigenvalue weighted by molar-refractivity contribution is 4.80. The van der Waals surface area contributed by atoms with E-state index in [2.05, 4.69) is 10.6 Å². The first kappa shape index (κ1) is 11.0. The molecule has 13 heavy (non-hydrogen) atoms. The van der Waals surface area contributed by atoms with E-state index in [0.29, 0.717) is 6.61 Å². The Hall–Kier alpha value is -0.120. The Labute approximate surface area is 80.9 Å². The summed E-state index contributed by atoms with van der Waals surface area (Å²) in [5.41, 5.74) is 0. The first-order valence-electron chi connectivity index (χ1n) is 5.48. The van der Waals surface area contributed by atoms with Crippen LogP contribution in [0.2, 0.25) is 0 Å². The van der Waals surface area contributed by atoms with E-state index in [1.165, 1.54) is 19.3 Å². The summed E-state index contributed by atoms with van der Waals surface area (Å²) in [5.74, 6) is 0. The maximum atomic E-state index is 8.54. The van der Waals surface area contributed by atoms with Crippen LogP contribution in [0.15, 0.2) is 0 Å². The van der Waals surface area contributed by atoms with Gasteiger partial charge in [-0.2, -0.15) is 0 Å². The van der Waals surface area contributed by atoms with E-state index in [9.17, 15) is 0 Å². The van der Waals surface area contributed by atoms with Gasteiger partial charge in [0.15, 0.2) is 0 Å². The molecule has 0 radical (unpaired) electrons. The van der Waals surface area contributed by atoms with Gasteiger partial charge in [-0.05, 0) is 51.7 Å². The van der Waals surface area contributed by atoms with Crippen LogP contribution < -0.4 is 10.6 Å². The van der Waals surface area contributed by atoms with Crippen molar-refractivity contribution in [2.45, 2.75) is 38.1 Å². The minimum absolute atomic E-state index is 0.324. The molecule has 0 spiro atoms. The van der Waals surface area contributed by atoms with Crippen molar-refractivity contribution in [3.05, 3.63) is 0 Å². The van der Waals surface area contributed by atoms with Crippen LogP contribution >= 0.6 is 0 Å². The fourth-order valence-electron chi connectivity index (χ4n) is 1.29. The molecule has 3 nitrogen and oxygen atoms in total. The van der Waals surface area contributed by atoms with E-state index in [0.717, 1.165) is 38.5 Å². The van der Waals surface area contributed by atoms with Gasteiger partial charge in [0.2, 0.25) is 0 Å². The second kappa shape index (κ2) is 7.30. The van der Waals surface area contributed by atoms with Gasteiger partial charge in [-0.1, -0.05) is 0 Å². The van der Waals surface area contributed by atoms with E-state index in [4.69, 9.17) is 5.11 Å². The minimum Gasteiger partial charge on any atom is -0.396 e. The molecule has 1 aliphatic rings. The lowest BCUT2D eigenvalue weighted by Gasteiger charge is -2.04. The summed E-state index contributed by atoms with van der Waals surface area (Å²) < 4.78 is 0. The number of aliphatic hydroxyl groups is 1. The van der Waals surface area contributed by atoms with Crippen LogP contribution in [-0.2, 0) is 0 Å². The Morgan fingerprint density at radius 3 is 2.46 bits per heavy atom. The van der Waals surface area contributed by atoms with Gasteiger partial charge < -0.3 is 15.7 Å². The number of unbranched alkanes of at least 4 members (excludes halogenated alkanes) is 1. The van der Waals surface area contributed by atoms with Crippen LogP contribution in [0.5, 0.6) is 0 Å². The average molecular weight is 186 g/mol. The molecule has 0 bridgehead atoms. The molecule has 1 rings (SSSR count). The predicted molar refractivity (Wildman–Crippen MR) is 54.8 cm³/mol. The maximum Gasteiger partial charge on any atom is 0.0431 e. The van der Waals surface area contributed by atoms with E-state index in [1.54, 1.807) is 0 Å². The standard InChI is InChI=1S/C10H22N2O/c13-9-2-1-6-11-7-3-8-12-10-4-5-10/h10-13H,1-9H2. The third kappa shape index (κ3) is 6.99. The quantitative estimate of drug-likeness (QED) is 0.459. The molecule has 0 aromatic carbocycles. The van der Waals surface area contributed by atoms with Crippen LogP contribution in [0.1, 0.15) is 32.1 Å². The molecule has 0 unspecified atom stereocenters. The van der Waals surface area contributed by atoms with Gasteiger partial charge in [0.25, 0.3) is 0 Å². The molecule has 0 aliphatic heterocycles. The normalized spacial score (nSPS) is 16.4. The third-order valence-electron chi connectivity index (χ3n) is 2.30. The Balaban J connectivity index is 1.63.